The van der Waals surface area contributed by atoms with Gasteiger partial charge in [-0.2, -0.15) is 10.2 Å². The van der Waals surface area contributed by atoms with Crippen LogP contribution in [0.15, 0.2) is 29.1 Å². The molecule has 0 unspecified atom stereocenters. The van der Waals surface area contributed by atoms with E-state index < -0.39 is 5.91 Å². The van der Waals surface area contributed by atoms with Gasteiger partial charge in [-0.3, -0.25) is 29.9 Å². The van der Waals surface area contributed by atoms with Crippen molar-refractivity contribution in [2.45, 2.75) is 54.1 Å². The Morgan fingerprint density at radius 1 is 1.03 bits per heavy atom. The number of nitrogens with one attached hydrogen (secondary N) is 2. The molecule has 164 valence electrons. The molecule has 2 heterocycles. The molecule has 2 aromatic heterocycles. The number of benzene rings is 1. The highest BCUT2D eigenvalue weighted by molar-refractivity contribution is 6.05. The van der Waals surface area contributed by atoms with E-state index in [1.165, 1.54) is 4.68 Å². The molecule has 31 heavy (non-hydrogen) atoms. The van der Waals surface area contributed by atoms with E-state index in [-0.39, 0.29) is 23.6 Å². The summed E-state index contributed by atoms with van der Waals surface area (Å²) in [4.78, 5) is 37.6. The van der Waals surface area contributed by atoms with Crippen molar-refractivity contribution in [1.29, 1.82) is 0 Å². The van der Waals surface area contributed by atoms with E-state index in [9.17, 15) is 14.4 Å². The molecule has 0 aliphatic rings. The number of hydrogen-bond acceptors (Lipinski definition) is 5. The van der Waals surface area contributed by atoms with E-state index in [0.29, 0.717) is 23.2 Å². The lowest BCUT2D eigenvalue weighted by molar-refractivity contribution is -0.121. The van der Waals surface area contributed by atoms with Gasteiger partial charge >= 0.3 is 0 Å². The molecule has 0 radical (unpaired) electrons. The summed E-state index contributed by atoms with van der Waals surface area (Å²) in [7, 11) is 0. The number of hydrazine groups is 1. The average molecular weight is 425 g/mol. The van der Waals surface area contributed by atoms with Gasteiger partial charge in [0.2, 0.25) is 5.91 Å². The zero-order valence-electron chi connectivity index (χ0n) is 18.5. The standard InChI is InChI=1S/C22H28N6O3/c1-6-27-22(31)17-10-8-7-9-16(17)20(26-27)21(30)24-23-19(29)11-18-14(4)25-28(15(18)5)12-13(2)3/h7-10,13H,6,11-12H2,1-5H3,(H,23,29)(H,24,30). The van der Waals surface area contributed by atoms with Crippen LogP contribution in [0.25, 0.3) is 10.8 Å². The molecule has 9 nitrogen and oxygen atoms in total. The summed E-state index contributed by atoms with van der Waals surface area (Å²) in [5.41, 5.74) is 7.26. The van der Waals surface area contributed by atoms with Crippen molar-refractivity contribution < 1.29 is 9.59 Å². The largest absolute Gasteiger partial charge is 0.290 e. The van der Waals surface area contributed by atoms with E-state index >= 15 is 0 Å². The Morgan fingerprint density at radius 2 is 1.71 bits per heavy atom. The van der Waals surface area contributed by atoms with Crippen molar-refractivity contribution >= 4 is 22.6 Å². The van der Waals surface area contributed by atoms with Crippen molar-refractivity contribution in [3.8, 4) is 0 Å². The molecule has 1 aromatic carbocycles. The Hall–Kier alpha value is -3.49. The topological polar surface area (TPSA) is 111 Å². The molecule has 2 amide bonds. The summed E-state index contributed by atoms with van der Waals surface area (Å²) < 4.78 is 3.14. The Kier molecular flexibility index (Phi) is 6.53. The third kappa shape index (κ3) is 4.65. The monoisotopic (exact) mass is 424 g/mol. The Balaban J connectivity index is 1.75. The molecule has 0 fully saturated rings. The molecular weight excluding hydrogens is 396 g/mol. The molecule has 3 aromatic rings. The van der Waals surface area contributed by atoms with E-state index in [2.05, 4.69) is 34.9 Å². The number of carbonyl (C=O) groups is 2. The normalized spacial score (nSPS) is 11.2. The van der Waals surface area contributed by atoms with Crippen molar-refractivity contribution in [2.75, 3.05) is 0 Å². The van der Waals surface area contributed by atoms with Gasteiger partial charge < -0.3 is 0 Å². The summed E-state index contributed by atoms with van der Waals surface area (Å²) in [5, 5.41) is 9.52. The number of hydrogen-bond donors (Lipinski definition) is 2. The maximum absolute atomic E-state index is 12.7. The zero-order valence-corrected chi connectivity index (χ0v) is 18.5. The minimum atomic E-state index is -0.587. The van der Waals surface area contributed by atoms with Crippen molar-refractivity contribution in [2.24, 2.45) is 5.92 Å². The van der Waals surface area contributed by atoms with Gasteiger partial charge in [-0.15, -0.1) is 0 Å². The van der Waals surface area contributed by atoms with Crippen LogP contribution in [0.3, 0.4) is 0 Å². The first-order valence-electron chi connectivity index (χ1n) is 10.3. The first kappa shape index (κ1) is 22.2. The number of fused-ring (bicyclic) bond motifs is 1. The lowest BCUT2D eigenvalue weighted by Crippen LogP contribution is -2.43. The van der Waals surface area contributed by atoms with Crippen LogP contribution < -0.4 is 16.4 Å². The summed E-state index contributed by atoms with van der Waals surface area (Å²) in [6.07, 6.45) is 0.0959. The molecule has 9 heteroatoms. The molecule has 2 N–H and O–H groups in total. The van der Waals surface area contributed by atoms with Crippen LogP contribution >= 0.6 is 0 Å². The summed E-state index contributed by atoms with van der Waals surface area (Å²) in [5.74, 6) is -0.514. The summed E-state index contributed by atoms with van der Waals surface area (Å²) >= 11 is 0. The van der Waals surface area contributed by atoms with Crippen molar-refractivity contribution in [3.63, 3.8) is 0 Å². The van der Waals surface area contributed by atoms with Crippen molar-refractivity contribution in [3.05, 3.63) is 57.3 Å². The second kappa shape index (κ2) is 9.11. The second-order valence-electron chi connectivity index (χ2n) is 7.92. The van der Waals surface area contributed by atoms with Crippen LogP contribution in [0.1, 0.15) is 48.2 Å². The third-order valence-corrected chi connectivity index (χ3v) is 5.10. The van der Waals surface area contributed by atoms with Gasteiger partial charge in [0.1, 0.15) is 0 Å². The molecule has 0 bridgehead atoms. The van der Waals surface area contributed by atoms with Gasteiger partial charge in [0.15, 0.2) is 5.69 Å². The Labute approximate surface area is 180 Å². The molecule has 0 aliphatic carbocycles. The Morgan fingerprint density at radius 3 is 2.35 bits per heavy atom. The molecule has 0 saturated heterocycles. The summed E-state index contributed by atoms with van der Waals surface area (Å²) in [6, 6.07) is 6.78. The van der Waals surface area contributed by atoms with Crippen LogP contribution in [-0.4, -0.2) is 31.4 Å². The quantitative estimate of drug-likeness (QED) is 0.587. The predicted molar refractivity (Wildman–Crippen MR) is 118 cm³/mol. The average Bonchev–Trinajstić information content (AvgIpc) is 2.99. The summed E-state index contributed by atoms with van der Waals surface area (Å²) in [6.45, 7) is 10.9. The van der Waals surface area contributed by atoms with Gasteiger partial charge in [-0.25, -0.2) is 4.68 Å². The fraction of sp³-hybridized carbons (Fsp3) is 0.409. The number of rotatable bonds is 6. The first-order chi connectivity index (χ1) is 14.7. The minimum Gasteiger partial charge on any atom is -0.273 e. The highest BCUT2D eigenvalue weighted by Crippen LogP contribution is 2.16. The van der Waals surface area contributed by atoms with Gasteiger partial charge in [0.05, 0.1) is 17.5 Å². The maximum Gasteiger partial charge on any atom is 0.290 e. The smallest absolute Gasteiger partial charge is 0.273 e. The third-order valence-electron chi connectivity index (χ3n) is 5.10. The highest BCUT2D eigenvalue weighted by Gasteiger charge is 2.19. The van der Waals surface area contributed by atoms with Gasteiger partial charge in [0, 0.05) is 29.7 Å². The van der Waals surface area contributed by atoms with Gasteiger partial charge in [-0.05, 0) is 32.8 Å². The van der Waals surface area contributed by atoms with E-state index in [1.807, 2.05) is 18.5 Å². The number of aryl methyl sites for hydroxylation is 2. The Bertz CT molecular complexity index is 1190. The van der Waals surface area contributed by atoms with Gasteiger partial charge in [0.25, 0.3) is 11.5 Å². The molecule has 0 aliphatic heterocycles. The van der Waals surface area contributed by atoms with Crippen LogP contribution in [0.2, 0.25) is 0 Å². The maximum atomic E-state index is 12.7. The molecule has 3 rings (SSSR count). The van der Waals surface area contributed by atoms with Crippen LogP contribution in [0.4, 0.5) is 0 Å². The number of nitrogens with zero attached hydrogens (tertiary/aromatic N) is 4. The first-order valence-corrected chi connectivity index (χ1v) is 10.3. The second-order valence-corrected chi connectivity index (χ2v) is 7.92. The van der Waals surface area contributed by atoms with E-state index in [1.54, 1.807) is 31.2 Å². The fourth-order valence-corrected chi connectivity index (χ4v) is 3.52. The highest BCUT2D eigenvalue weighted by atomic mass is 16.2. The number of carbonyl (C=O) groups excluding carboxylic acids is 2. The molecule has 0 atom stereocenters. The SMILES string of the molecule is CCn1nc(C(=O)NNC(=O)Cc2c(C)nn(CC(C)C)c2C)c2ccccc2c1=O. The minimum absolute atomic E-state index is 0.0782. The molecule has 0 spiro atoms. The zero-order chi connectivity index (χ0) is 22.7. The van der Waals surface area contributed by atoms with Crippen molar-refractivity contribution in [1.82, 2.24) is 30.4 Å². The van der Waals surface area contributed by atoms with Crippen LogP contribution in [0, 0.1) is 19.8 Å². The molecule has 0 saturated carbocycles. The van der Waals surface area contributed by atoms with Gasteiger partial charge in [-0.1, -0.05) is 32.0 Å². The lowest BCUT2D eigenvalue weighted by Gasteiger charge is -2.11. The van der Waals surface area contributed by atoms with Crippen LogP contribution in [0.5, 0.6) is 0 Å². The lowest BCUT2D eigenvalue weighted by atomic mass is 10.1. The fourth-order valence-electron chi connectivity index (χ4n) is 3.52. The molecular formula is C22H28N6O3. The van der Waals surface area contributed by atoms with E-state index in [0.717, 1.165) is 23.5 Å². The number of aromatic nitrogens is 4. The van der Waals surface area contributed by atoms with E-state index in [4.69, 9.17) is 0 Å². The predicted octanol–water partition coefficient (Wildman–Crippen LogP) is 1.89. The van der Waals surface area contributed by atoms with Crippen LogP contribution in [-0.2, 0) is 24.3 Å². The number of amides is 2.